The number of hydrogen-bond acceptors (Lipinski definition) is 3. The van der Waals surface area contributed by atoms with Gasteiger partial charge in [0.2, 0.25) is 5.91 Å². The molecule has 0 saturated carbocycles. The minimum Gasteiger partial charge on any atom is -0.489 e. The molecule has 5 nitrogen and oxygen atoms in total. The number of hydrogen-bond donors (Lipinski definition) is 2. The fraction of sp³-hybridized carbons (Fsp3) is 0.263. The van der Waals surface area contributed by atoms with Gasteiger partial charge in [-0.2, -0.15) is 0 Å². The Labute approximate surface area is 141 Å². The van der Waals surface area contributed by atoms with E-state index in [-0.39, 0.29) is 12.3 Å². The molecule has 0 bridgehead atoms. The van der Waals surface area contributed by atoms with Crippen molar-refractivity contribution in [2.75, 3.05) is 5.32 Å². The van der Waals surface area contributed by atoms with E-state index >= 15 is 0 Å². The third-order valence-electron chi connectivity index (χ3n) is 3.47. The zero-order valence-electron chi connectivity index (χ0n) is 13.4. The number of ether oxygens (including phenoxy) is 1. The molecule has 24 heavy (non-hydrogen) atoms. The molecule has 2 aromatic rings. The molecule has 0 aliphatic heterocycles. The summed E-state index contributed by atoms with van der Waals surface area (Å²) in [5, 5.41) is 11.5. The van der Waals surface area contributed by atoms with Crippen LogP contribution in [0.2, 0.25) is 0 Å². The quantitative estimate of drug-likeness (QED) is 0.686. The highest BCUT2D eigenvalue weighted by Gasteiger charge is 2.08. The Bertz CT molecular complexity index is 670. The molecule has 0 fully saturated rings. The summed E-state index contributed by atoms with van der Waals surface area (Å²) >= 11 is 0. The van der Waals surface area contributed by atoms with Crippen molar-refractivity contribution in [3.63, 3.8) is 0 Å². The Morgan fingerprint density at radius 1 is 0.917 bits per heavy atom. The van der Waals surface area contributed by atoms with E-state index in [0.717, 1.165) is 17.0 Å². The van der Waals surface area contributed by atoms with Gasteiger partial charge in [-0.1, -0.05) is 36.4 Å². The minimum absolute atomic E-state index is 0.0920. The number of aliphatic carboxylic acids is 1. The number of unbranched alkanes of at least 4 members (excludes halogenated alkanes) is 1. The molecule has 2 N–H and O–H groups in total. The molecule has 0 atom stereocenters. The van der Waals surface area contributed by atoms with E-state index in [1.807, 2.05) is 54.6 Å². The molecule has 0 spiro atoms. The summed E-state index contributed by atoms with van der Waals surface area (Å²) in [4.78, 5) is 22.4. The second-order valence-electron chi connectivity index (χ2n) is 5.41. The molecule has 0 aliphatic rings. The van der Waals surface area contributed by atoms with Crippen LogP contribution in [0.1, 0.15) is 31.2 Å². The third-order valence-corrected chi connectivity index (χ3v) is 3.47. The van der Waals surface area contributed by atoms with Crippen LogP contribution in [-0.4, -0.2) is 17.0 Å². The standard InChI is InChI=1S/C19H21NO4/c21-18(12-6-7-13-19(22)23)20-17-11-5-4-8-15(17)14-24-16-9-2-1-3-10-16/h1-5,8-11H,6-7,12-14H2,(H,20,21)(H,22,23). The minimum atomic E-state index is -0.834. The first-order valence-electron chi connectivity index (χ1n) is 7.92. The van der Waals surface area contributed by atoms with Crippen LogP contribution >= 0.6 is 0 Å². The maximum absolute atomic E-state index is 12.0. The fourth-order valence-electron chi connectivity index (χ4n) is 2.22. The van der Waals surface area contributed by atoms with Crippen molar-refractivity contribution < 1.29 is 19.4 Å². The highest BCUT2D eigenvalue weighted by Crippen LogP contribution is 2.19. The molecule has 0 aromatic heterocycles. The SMILES string of the molecule is O=C(O)CCCCC(=O)Nc1ccccc1COc1ccccc1. The van der Waals surface area contributed by atoms with Gasteiger partial charge in [0.05, 0.1) is 0 Å². The molecule has 1 amide bonds. The lowest BCUT2D eigenvalue weighted by molar-refractivity contribution is -0.137. The smallest absolute Gasteiger partial charge is 0.303 e. The van der Waals surface area contributed by atoms with Gasteiger partial charge in [-0.15, -0.1) is 0 Å². The Morgan fingerprint density at radius 3 is 2.33 bits per heavy atom. The van der Waals surface area contributed by atoms with Crippen LogP contribution in [0.4, 0.5) is 5.69 Å². The second-order valence-corrected chi connectivity index (χ2v) is 5.41. The van der Waals surface area contributed by atoms with Crippen molar-refractivity contribution in [2.24, 2.45) is 0 Å². The summed E-state index contributed by atoms with van der Waals surface area (Å²) in [5.74, 6) is -0.182. The van der Waals surface area contributed by atoms with Crippen LogP contribution in [0.25, 0.3) is 0 Å². The first-order chi connectivity index (χ1) is 11.6. The number of nitrogens with one attached hydrogen (secondary N) is 1. The predicted octanol–water partition coefficient (Wildman–Crippen LogP) is 3.85. The second kappa shape index (κ2) is 9.35. The van der Waals surface area contributed by atoms with Crippen LogP contribution in [0.5, 0.6) is 5.75 Å². The van der Waals surface area contributed by atoms with Gasteiger partial charge in [-0.25, -0.2) is 0 Å². The van der Waals surface area contributed by atoms with Gasteiger partial charge in [-0.3, -0.25) is 9.59 Å². The van der Waals surface area contributed by atoms with Crippen LogP contribution in [0.15, 0.2) is 54.6 Å². The van der Waals surface area contributed by atoms with Gasteiger partial charge in [0.25, 0.3) is 0 Å². The van der Waals surface area contributed by atoms with E-state index in [1.54, 1.807) is 0 Å². The van der Waals surface area contributed by atoms with Gasteiger partial charge in [-0.05, 0) is 31.0 Å². The summed E-state index contributed by atoms with van der Waals surface area (Å²) in [5.41, 5.74) is 1.61. The van der Waals surface area contributed by atoms with Crippen LogP contribution < -0.4 is 10.1 Å². The number of para-hydroxylation sites is 2. The van der Waals surface area contributed by atoms with Crippen LogP contribution in [0, 0.1) is 0 Å². The van der Waals surface area contributed by atoms with Gasteiger partial charge in [0.15, 0.2) is 0 Å². The third kappa shape index (κ3) is 6.12. The Morgan fingerprint density at radius 2 is 1.58 bits per heavy atom. The predicted molar refractivity (Wildman–Crippen MR) is 91.9 cm³/mol. The van der Waals surface area contributed by atoms with Crippen molar-refractivity contribution in [1.82, 2.24) is 0 Å². The largest absolute Gasteiger partial charge is 0.489 e. The lowest BCUT2D eigenvalue weighted by Crippen LogP contribution is -2.13. The number of anilines is 1. The summed E-state index contributed by atoms with van der Waals surface area (Å²) < 4.78 is 5.72. The molecule has 0 saturated heterocycles. The average molecular weight is 327 g/mol. The summed E-state index contributed by atoms with van der Waals surface area (Å²) in [6, 6.07) is 17.0. The fourth-order valence-corrected chi connectivity index (χ4v) is 2.22. The number of amides is 1. The van der Waals surface area contributed by atoms with Crippen molar-refractivity contribution in [1.29, 1.82) is 0 Å². The van der Waals surface area contributed by atoms with Gasteiger partial charge >= 0.3 is 5.97 Å². The Balaban J connectivity index is 1.86. The molecule has 0 radical (unpaired) electrons. The van der Waals surface area contributed by atoms with E-state index < -0.39 is 5.97 Å². The zero-order chi connectivity index (χ0) is 17.2. The average Bonchev–Trinajstić information content (AvgIpc) is 2.59. The topological polar surface area (TPSA) is 75.6 Å². The van der Waals surface area contributed by atoms with Crippen LogP contribution in [0.3, 0.4) is 0 Å². The molecule has 0 unspecified atom stereocenters. The highest BCUT2D eigenvalue weighted by atomic mass is 16.5. The van der Waals surface area contributed by atoms with Crippen molar-refractivity contribution in [3.8, 4) is 5.75 Å². The number of benzene rings is 2. The van der Waals surface area contributed by atoms with Crippen molar-refractivity contribution in [2.45, 2.75) is 32.3 Å². The Hall–Kier alpha value is -2.82. The van der Waals surface area contributed by atoms with E-state index in [0.29, 0.717) is 25.9 Å². The molecular formula is C19H21NO4. The van der Waals surface area contributed by atoms with E-state index in [1.165, 1.54) is 0 Å². The maximum atomic E-state index is 12.0. The van der Waals surface area contributed by atoms with E-state index in [9.17, 15) is 9.59 Å². The molecule has 0 aliphatic carbocycles. The molecule has 0 heterocycles. The monoisotopic (exact) mass is 327 g/mol. The van der Waals surface area contributed by atoms with Gasteiger partial charge < -0.3 is 15.2 Å². The number of carbonyl (C=O) groups is 2. The zero-order valence-corrected chi connectivity index (χ0v) is 13.4. The molecular weight excluding hydrogens is 306 g/mol. The molecule has 5 heteroatoms. The number of rotatable bonds is 9. The van der Waals surface area contributed by atoms with Crippen LogP contribution in [-0.2, 0) is 16.2 Å². The molecule has 126 valence electrons. The van der Waals surface area contributed by atoms with Crippen molar-refractivity contribution >= 4 is 17.6 Å². The van der Waals surface area contributed by atoms with E-state index in [2.05, 4.69) is 5.32 Å². The highest BCUT2D eigenvalue weighted by molar-refractivity contribution is 5.91. The molecule has 2 aromatic carbocycles. The van der Waals surface area contributed by atoms with Crippen molar-refractivity contribution in [3.05, 3.63) is 60.2 Å². The number of carboxylic acids is 1. The Kier molecular flexibility index (Phi) is 6.83. The lowest BCUT2D eigenvalue weighted by atomic mass is 10.1. The first kappa shape index (κ1) is 17.5. The van der Waals surface area contributed by atoms with Gasteiger partial charge in [0.1, 0.15) is 12.4 Å². The molecule has 2 rings (SSSR count). The van der Waals surface area contributed by atoms with E-state index in [4.69, 9.17) is 9.84 Å². The normalized spacial score (nSPS) is 10.2. The summed E-state index contributed by atoms with van der Waals surface area (Å²) in [7, 11) is 0. The summed E-state index contributed by atoms with van der Waals surface area (Å²) in [6.07, 6.45) is 1.46. The lowest BCUT2D eigenvalue weighted by Gasteiger charge is -2.12. The number of carboxylic acid groups (broad SMARTS) is 1. The number of carbonyl (C=O) groups excluding carboxylic acids is 1. The first-order valence-corrected chi connectivity index (χ1v) is 7.92. The van der Waals surface area contributed by atoms with Gasteiger partial charge in [0, 0.05) is 24.1 Å². The maximum Gasteiger partial charge on any atom is 0.303 e. The summed E-state index contributed by atoms with van der Waals surface area (Å²) in [6.45, 7) is 0.361.